The first-order chi connectivity index (χ1) is 8.58. The minimum atomic E-state index is -0.566. The van der Waals surface area contributed by atoms with Gasteiger partial charge in [0.2, 0.25) is 0 Å². The first kappa shape index (κ1) is 12.7. The van der Waals surface area contributed by atoms with E-state index in [1.165, 1.54) is 18.3 Å². The summed E-state index contributed by atoms with van der Waals surface area (Å²) in [5, 5.41) is 2.63. The van der Waals surface area contributed by atoms with Gasteiger partial charge in [0.15, 0.2) is 0 Å². The number of rotatable bonds is 2. The zero-order chi connectivity index (χ0) is 13.1. The predicted octanol–water partition coefficient (Wildman–Crippen LogP) is 3.54. The second-order valence-corrected chi connectivity index (χ2v) is 4.68. The van der Waals surface area contributed by atoms with Crippen LogP contribution in [0.5, 0.6) is 0 Å². The summed E-state index contributed by atoms with van der Waals surface area (Å²) in [6.45, 7) is 1.84. The van der Waals surface area contributed by atoms with E-state index >= 15 is 0 Å². The van der Waals surface area contributed by atoms with Crippen LogP contribution in [0.3, 0.4) is 0 Å². The number of aromatic nitrogens is 1. The zero-order valence-corrected chi connectivity index (χ0v) is 11.2. The summed E-state index contributed by atoms with van der Waals surface area (Å²) < 4.78 is 14.2. The summed E-state index contributed by atoms with van der Waals surface area (Å²) in [4.78, 5) is 15.8. The van der Waals surface area contributed by atoms with Gasteiger partial charge < -0.3 is 5.32 Å². The lowest BCUT2D eigenvalue weighted by Gasteiger charge is -2.08. The summed E-state index contributed by atoms with van der Waals surface area (Å²) in [5.74, 6) is -1.06. The van der Waals surface area contributed by atoms with Crippen LogP contribution in [0.4, 0.5) is 10.1 Å². The normalized spacial score (nSPS) is 10.2. The molecule has 5 heteroatoms. The minimum Gasteiger partial charge on any atom is -0.320 e. The Morgan fingerprint density at radius 2 is 2.17 bits per heavy atom. The number of halogens is 2. The van der Waals surface area contributed by atoms with Crippen LogP contribution in [0.15, 0.2) is 41.1 Å². The molecule has 0 aliphatic carbocycles. The number of nitrogens with zero attached hydrogens (tertiary/aromatic N) is 1. The minimum absolute atomic E-state index is 0.00135. The Kier molecular flexibility index (Phi) is 3.72. The van der Waals surface area contributed by atoms with E-state index in [1.54, 1.807) is 18.3 Å². The van der Waals surface area contributed by atoms with Crippen molar-refractivity contribution in [3.63, 3.8) is 0 Å². The van der Waals surface area contributed by atoms with Crippen LogP contribution < -0.4 is 5.32 Å². The second kappa shape index (κ2) is 5.27. The Labute approximate surface area is 112 Å². The van der Waals surface area contributed by atoms with Crippen molar-refractivity contribution < 1.29 is 9.18 Å². The van der Waals surface area contributed by atoms with Crippen molar-refractivity contribution in [2.75, 3.05) is 5.32 Å². The molecule has 0 spiro atoms. The van der Waals surface area contributed by atoms with Gasteiger partial charge in [-0.05, 0) is 36.8 Å². The fourth-order valence-corrected chi connectivity index (χ4v) is 1.79. The van der Waals surface area contributed by atoms with Gasteiger partial charge in [-0.15, -0.1) is 0 Å². The number of hydrogen-bond acceptors (Lipinski definition) is 2. The van der Waals surface area contributed by atoms with Crippen LogP contribution >= 0.6 is 15.9 Å². The summed E-state index contributed by atoms with van der Waals surface area (Å²) >= 11 is 3.14. The zero-order valence-electron chi connectivity index (χ0n) is 9.58. The van der Waals surface area contributed by atoms with Gasteiger partial charge in [-0.2, -0.15) is 0 Å². The number of carbonyl (C=O) groups excluding carboxylic acids is 1. The molecule has 1 amide bonds. The second-order valence-electron chi connectivity index (χ2n) is 3.77. The standard InChI is InChI=1S/C13H10BrFN2O/c1-8-4-5-16-7-12(8)17-13(18)10-3-2-9(14)6-11(10)15/h2-7H,1H3,(H,17,18). The maximum atomic E-state index is 13.6. The number of amides is 1. The molecule has 1 heterocycles. The Morgan fingerprint density at radius 1 is 1.39 bits per heavy atom. The van der Waals surface area contributed by atoms with Crippen LogP contribution in [-0.2, 0) is 0 Å². The van der Waals surface area contributed by atoms with Gasteiger partial charge in [-0.25, -0.2) is 4.39 Å². The monoisotopic (exact) mass is 308 g/mol. The number of benzene rings is 1. The average Bonchev–Trinajstić information content (AvgIpc) is 2.32. The lowest BCUT2D eigenvalue weighted by atomic mass is 10.2. The molecule has 3 nitrogen and oxygen atoms in total. The van der Waals surface area contributed by atoms with Crippen LogP contribution in [0.1, 0.15) is 15.9 Å². The maximum Gasteiger partial charge on any atom is 0.258 e. The van der Waals surface area contributed by atoms with Gasteiger partial charge in [-0.3, -0.25) is 9.78 Å². The van der Waals surface area contributed by atoms with E-state index in [0.717, 1.165) is 5.56 Å². The van der Waals surface area contributed by atoms with E-state index in [9.17, 15) is 9.18 Å². The first-order valence-electron chi connectivity index (χ1n) is 5.25. The molecule has 0 saturated carbocycles. The molecule has 92 valence electrons. The number of aryl methyl sites for hydroxylation is 1. The molecule has 0 aliphatic heterocycles. The summed E-state index contributed by atoms with van der Waals surface area (Å²) in [7, 11) is 0. The molecule has 0 radical (unpaired) electrons. The van der Waals surface area contributed by atoms with Crippen LogP contribution in [0, 0.1) is 12.7 Å². The third-order valence-corrected chi connectivity index (χ3v) is 2.96. The molecule has 0 saturated heterocycles. The number of carbonyl (C=O) groups is 1. The molecule has 0 bridgehead atoms. The lowest BCUT2D eigenvalue weighted by Crippen LogP contribution is -2.14. The molecule has 2 aromatic rings. The molecule has 0 fully saturated rings. The SMILES string of the molecule is Cc1ccncc1NC(=O)c1ccc(Br)cc1F. The van der Waals surface area contributed by atoms with Crippen molar-refractivity contribution in [2.45, 2.75) is 6.92 Å². The Hall–Kier alpha value is -1.75. The van der Waals surface area contributed by atoms with E-state index in [-0.39, 0.29) is 5.56 Å². The molecule has 0 atom stereocenters. The van der Waals surface area contributed by atoms with Gasteiger partial charge >= 0.3 is 0 Å². The summed E-state index contributed by atoms with van der Waals surface area (Å²) in [6, 6.07) is 6.08. The molecule has 18 heavy (non-hydrogen) atoms. The highest BCUT2D eigenvalue weighted by Gasteiger charge is 2.12. The largest absolute Gasteiger partial charge is 0.320 e. The average molecular weight is 309 g/mol. The topological polar surface area (TPSA) is 42.0 Å². The summed E-state index contributed by atoms with van der Waals surface area (Å²) in [5.41, 5.74) is 1.45. The predicted molar refractivity (Wildman–Crippen MR) is 71.0 cm³/mol. The number of hydrogen-bond donors (Lipinski definition) is 1. The lowest BCUT2D eigenvalue weighted by molar-refractivity contribution is 0.102. The quantitative estimate of drug-likeness (QED) is 0.922. The van der Waals surface area contributed by atoms with E-state index in [2.05, 4.69) is 26.2 Å². The highest BCUT2D eigenvalue weighted by Crippen LogP contribution is 2.18. The number of nitrogens with one attached hydrogen (secondary N) is 1. The van der Waals surface area contributed by atoms with E-state index in [4.69, 9.17) is 0 Å². The van der Waals surface area contributed by atoms with Crippen LogP contribution in [-0.4, -0.2) is 10.9 Å². The highest BCUT2D eigenvalue weighted by atomic mass is 79.9. The number of anilines is 1. The molecule has 1 aromatic heterocycles. The molecule has 1 aromatic carbocycles. The Balaban J connectivity index is 2.25. The fraction of sp³-hybridized carbons (Fsp3) is 0.0769. The fourth-order valence-electron chi connectivity index (χ4n) is 1.46. The first-order valence-corrected chi connectivity index (χ1v) is 6.04. The van der Waals surface area contributed by atoms with Gasteiger partial charge in [-0.1, -0.05) is 15.9 Å². The van der Waals surface area contributed by atoms with Crippen molar-refractivity contribution in [1.82, 2.24) is 4.98 Å². The van der Waals surface area contributed by atoms with Crippen molar-refractivity contribution in [1.29, 1.82) is 0 Å². The van der Waals surface area contributed by atoms with Crippen molar-refractivity contribution in [2.24, 2.45) is 0 Å². The molecular formula is C13H10BrFN2O. The molecule has 1 N–H and O–H groups in total. The molecule has 0 unspecified atom stereocenters. The third kappa shape index (κ3) is 2.73. The molecule has 2 rings (SSSR count). The Morgan fingerprint density at radius 3 is 2.83 bits per heavy atom. The van der Waals surface area contributed by atoms with E-state index in [1.807, 2.05) is 6.92 Å². The van der Waals surface area contributed by atoms with Gasteiger partial charge in [0.25, 0.3) is 5.91 Å². The van der Waals surface area contributed by atoms with Crippen molar-refractivity contribution in [3.8, 4) is 0 Å². The summed E-state index contributed by atoms with van der Waals surface area (Å²) in [6.07, 6.45) is 3.16. The van der Waals surface area contributed by atoms with Crippen LogP contribution in [0.2, 0.25) is 0 Å². The van der Waals surface area contributed by atoms with Crippen LogP contribution in [0.25, 0.3) is 0 Å². The van der Waals surface area contributed by atoms with Crippen molar-refractivity contribution in [3.05, 3.63) is 58.1 Å². The van der Waals surface area contributed by atoms with Gasteiger partial charge in [0, 0.05) is 10.7 Å². The Bertz CT molecular complexity index is 601. The maximum absolute atomic E-state index is 13.6. The highest BCUT2D eigenvalue weighted by molar-refractivity contribution is 9.10. The molecular weight excluding hydrogens is 299 g/mol. The smallest absolute Gasteiger partial charge is 0.258 e. The van der Waals surface area contributed by atoms with E-state index in [0.29, 0.717) is 10.2 Å². The molecule has 0 aliphatic rings. The van der Waals surface area contributed by atoms with Gasteiger partial charge in [0.1, 0.15) is 5.82 Å². The van der Waals surface area contributed by atoms with Gasteiger partial charge in [0.05, 0.1) is 17.4 Å². The van der Waals surface area contributed by atoms with E-state index < -0.39 is 11.7 Å². The number of pyridine rings is 1. The third-order valence-electron chi connectivity index (χ3n) is 2.46. The van der Waals surface area contributed by atoms with Crippen molar-refractivity contribution >= 4 is 27.5 Å².